The largest absolute Gasteiger partial charge is 0.496 e. The second kappa shape index (κ2) is 8.19. The molecule has 1 aliphatic heterocycles. The molecule has 0 radical (unpaired) electrons. The maximum atomic E-state index is 12.9. The molecule has 0 bridgehead atoms. The van der Waals surface area contributed by atoms with Crippen LogP contribution in [-0.2, 0) is 11.3 Å². The van der Waals surface area contributed by atoms with E-state index < -0.39 is 0 Å². The minimum absolute atomic E-state index is 0.130. The molecule has 1 fully saturated rings. The molecule has 0 amide bonds. The minimum atomic E-state index is -0.305. The van der Waals surface area contributed by atoms with Crippen LogP contribution in [0.25, 0.3) is 0 Å². The van der Waals surface area contributed by atoms with Crippen LogP contribution in [0.4, 0.5) is 5.69 Å². The fraction of sp³-hybridized carbons (Fsp3) is 0.400. The van der Waals surface area contributed by atoms with E-state index >= 15 is 0 Å². The summed E-state index contributed by atoms with van der Waals surface area (Å²) in [6, 6.07) is 9.39. The Morgan fingerprint density at radius 3 is 2.88 bits per heavy atom. The van der Waals surface area contributed by atoms with Gasteiger partial charge in [-0.15, -0.1) is 0 Å². The van der Waals surface area contributed by atoms with Gasteiger partial charge in [0.15, 0.2) is 6.29 Å². The molecule has 2 heterocycles. The Morgan fingerprint density at radius 1 is 1.38 bits per heavy atom. The van der Waals surface area contributed by atoms with Gasteiger partial charge in [0.05, 0.1) is 25.4 Å². The zero-order valence-electron chi connectivity index (χ0n) is 15.2. The molecule has 1 N–H and O–H groups in total. The van der Waals surface area contributed by atoms with E-state index in [-0.39, 0.29) is 17.2 Å². The molecule has 138 valence electrons. The van der Waals surface area contributed by atoms with Crippen LogP contribution in [-0.4, -0.2) is 37.2 Å². The zero-order valence-corrected chi connectivity index (χ0v) is 15.2. The number of nitrogens with one attached hydrogen (secondary N) is 1. The van der Waals surface area contributed by atoms with Crippen LogP contribution in [0.3, 0.4) is 0 Å². The molecule has 1 aliphatic rings. The summed E-state index contributed by atoms with van der Waals surface area (Å²) >= 11 is 0. The standard InChI is InChI=1S/C20H24N2O4/c1-14-10-18(21-11-16-7-5-9-26-16)17(13-23)20(24)22(14)12-15-6-3-4-8-19(15)25-2/h3-4,6,8,10,13,16,21H,5,7,9,11-12H2,1-2H3/t16-/m1/s1. The molecule has 3 rings (SSSR count). The molecule has 0 spiro atoms. The third-order valence-electron chi connectivity index (χ3n) is 4.73. The minimum Gasteiger partial charge on any atom is -0.496 e. The number of para-hydroxylation sites is 1. The number of aryl methyl sites for hydroxylation is 1. The number of carbonyl (C=O) groups is 1. The number of hydrogen-bond donors (Lipinski definition) is 1. The third kappa shape index (κ3) is 3.80. The first kappa shape index (κ1) is 18.2. The van der Waals surface area contributed by atoms with Crippen molar-refractivity contribution < 1.29 is 14.3 Å². The fourth-order valence-electron chi connectivity index (χ4n) is 3.28. The number of benzene rings is 1. The lowest BCUT2D eigenvalue weighted by Crippen LogP contribution is -2.29. The highest BCUT2D eigenvalue weighted by Crippen LogP contribution is 2.20. The number of aldehydes is 1. The summed E-state index contributed by atoms with van der Waals surface area (Å²) in [4.78, 5) is 24.4. The lowest BCUT2D eigenvalue weighted by molar-refractivity contribution is 0.112. The van der Waals surface area contributed by atoms with Crippen LogP contribution < -0.4 is 15.6 Å². The number of aromatic nitrogens is 1. The summed E-state index contributed by atoms with van der Waals surface area (Å²) in [7, 11) is 1.60. The van der Waals surface area contributed by atoms with Gasteiger partial charge in [-0.2, -0.15) is 0 Å². The average molecular weight is 356 g/mol. The van der Waals surface area contributed by atoms with E-state index in [0.29, 0.717) is 30.8 Å². The highest BCUT2D eigenvalue weighted by molar-refractivity contribution is 5.83. The Morgan fingerprint density at radius 2 is 2.19 bits per heavy atom. The van der Waals surface area contributed by atoms with Gasteiger partial charge in [-0.25, -0.2) is 0 Å². The summed E-state index contributed by atoms with van der Waals surface area (Å²) in [5.74, 6) is 0.715. The lowest BCUT2D eigenvalue weighted by Gasteiger charge is -2.17. The van der Waals surface area contributed by atoms with Crippen molar-refractivity contribution in [3.63, 3.8) is 0 Å². The third-order valence-corrected chi connectivity index (χ3v) is 4.73. The zero-order chi connectivity index (χ0) is 18.5. The fourth-order valence-corrected chi connectivity index (χ4v) is 3.28. The molecular weight excluding hydrogens is 332 g/mol. The van der Waals surface area contributed by atoms with Gasteiger partial charge < -0.3 is 19.4 Å². The molecule has 1 aromatic heterocycles. The molecule has 0 saturated carbocycles. The molecule has 0 unspecified atom stereocenters. The normalized spacial score (nSPS) is 16.5. The highest BCUT2D eigenvalue weighted by atomic mass is 16.5. The van der Waals surface area contributed by atoms with Crippen LogP contribution in [0.5, 0.6) is 5.75 Å². The van der Waals surface area contributed by atoms with Gasteiger partial charge in [-0.1, -0.05) is 18.2 Å². The van der Waals surface area contributed by atoms with E-state index in [1.54, 1.807) is 11.7 Å². The van der Waals surface area contributed by atoms with Crippen molar-refractivity contribution in [2.75, 3.05) is 25.6 Å². The summed E-state index contributed by atoms with van der Waals surface area (Å²) in [6.45, 7) is 3.58. The first-order valence-electron chi connectivity index (χ1n) is 8.81. The topological polar surface area (TPSA) is 69.6 Å². The molecule has 2 aromatic rings. The van der Waals surface area contributed by atoms with Gasteiger partial charge in [0, 0.05) is 24.4 Å². The van der Waals surface area contributed by atoms with Crippen LogP contribution >= 0.6 is 0 Å². The number of anilines is 1. The molecule has 1 saturated heterocycles. The lowest BCUT2D eigenvalue weighted by atomic mass is 10.1. The smallest absolute Gasteiger partial charge is 0.263 e. The van der Waals surface area contributed by atoms with Crippen molar-refractivity contribution in [3.05, 3.63) is 57.5 Å². The number of pyridine rings is 1. The van der Waals surface area contributed by atoms with Gasteiger partial charge >= 0.3 is 0 Å². The molecule has 6 nitrogen and oxygen atoms in total. The summed E-state index contributed by atoms with van der Waals surface area (Å²) in [6.07, 6.45) is 2.80. The van der Waals surface area contributed by atoms with E-state index in [1.807, 2.05) is 37.3 Å². The van der Waals surface area contributed by atoms with Gasteiger partial charge in [-0.05, 0) is 31.9 Å². The van der Waals surface area contributed by atoms with Crippen molar-refractivity contribution in [1.29, 1.82) is 0 Å². The van der Waals surface area contributed by atoms with Gasteiger partial charge in [0.2, 0.25) is 0 Å². The van der Waals surface area contributed by atoms with Gasteiger partial charge in [0.25, 0.3) is 5.56 Å². The highest BCUT2D eigenvalue weighted by Gasteiger charge is 2.18. The molecule has 6 heteroatoms. The number of ether oxygens (including phenoxy) is 2. The van der Waals surface area contributed by atoms with Crippen LogP contribution in [0.15, 0.2) is 35.1 Å². The number of rotatable bonds is 7. The number of nitrogens with zero attached hydrogens (tertiary/aromatic N) is 1. The Labute approximate surface area is 152 Å². The Balaban J connectivity index is 1.89. The predicted octanol–water partition coefficient (Wildman–Crippen LogP) is 2.62. The number of hydrogen-bond acceptors (Lipinski definition) is 5. The number of carbonyl (C=O) groups excluding carboxylic acids is 1. The van der Waals surface area contributed by atoms with Crippen LogP contribution in [0.2, 0.25) is 0 Å². The van der Waals surface area contributed by atoms with Crippen molar-refractivity contribution >= 4 is 12.0 Å². The maximum absolute atomic E-state index is 12.9. The Kier molecular flexibility index (Phi) is 5.73. The van der Waals surface area contributed by atoms with Crippen molar-refractivity contribution in [2.24, 2.45) is 0 Å². The van der Waals surface area contributed by atoms with E-state index in [0.717, 1.165) is 30.7 Å². The van der Waals surface area contributed by atoms with E-state index in [9.17, 15) is 9.59 Å². The predicted molar refractivity (Wildman–Crippen MR) is 100 cm³/mol. The average Bonchev–Trinajstić information content (AvgIpc) is 3.17. The second-order valence-electron chi connectivity index (χ2n) is 6.45. The van der Waals surface area contributed by atoms with Gasteiger partial charge in [-0.3, -0.25) is 9.59 Å². The number of methoxy groups -OCH3 is 1. The molecule has 1 aromatic carbocycles. The SMILES string of the molecule is COc1ccccc1Cn1c(C)cc(NC[C@H]2CCCO2)c(C=O)c1=O. The van der Waals surface area contributed by atoms with E-state index in [2.05, 4.69) is 5.32 Å². The van der Waals surface area contributed by atoms with Crippen molar-refractivity contribution in [3.8, 4) is 5.75 Å². The molecule has 1 atom stereocenters. The van der Waals surface area contributed by atoms with E-state index in [1.165, 1.54) is 0 Å². The monoisotopic (exact) mass is 356 g/mol. The van der Waals surface area contributed by atoms with Crippen molar-refractivity contribution in [1.82, 2.24) is 4.57 Å². The van der Waals surface area contributed by atoms with Gasteiger partial charge in [0.1, 0.15) is 11.3 Å². The molecule has 26 heavy (non-hydrogen) atoms. The summed E-state index contributed by atoms with van der Waals surface area (Å²) in [5, 5.41) is 3.21. The van der Waals surface area contributed by atoms with Crippen molar-refractivity contribution in [2.45, 2.75) is 32.4 Å². The van der Waals surface area contributed by atoms with E-state index in [4.69, 9.17) is 9.47 Å². The Bertz CT molecular complexity index is 838. The second-order valence-corrected chi connectivity index (χ2v) is 6.45. The summed E-state index contributed by atoms with van der Waals surface area (Å²) < 4.78 is 12.5. The quantitative estimate of drug-likeness (QED) is 0.773. The maximum Gasteiger partial charge on any atom is 0.263 e. The molecule has 0 aliphatic carbocycles. The Hall–Kier alpha value is -2.60. The van der Waals surface area contributed by atoms with Crippen LogP contribution in [0, 0.1) is 6.92 Å². The van der Waals surface area contributed by atoms with Crippen LogP contribution in [0.1, 0.15) is 34.5 Å². The molecular formula is C20H24N2O4. The first-order chi connectivity index (χ1) is 12.6. The summed E-state index contributed by atoms with van der Waals surface area (Å²) in [5.41, 5.74) is 2.07. The first-order valence-corrected chi connectivity index (χ1v) is 8.81.